The Balaban J connectivity index is 1.61. The second kappa shape index (κ2) is 7.81. The first-order valence-corrected chi connectivity index (χ1v) is 10.8. The first-order chi connectivity index (χ1) is 14.2. The number of amides is 1. The highest BCUT2D eigenvalue weighted by molar-refractivity contribution is 7.14. The van der Waals surface area contributed by atoms with Gasteiger partial charge in [0.1, 0.15) is 11.5 Å². The number of carbonyl (C=O) groups is 1. The topological polar surface area (TPSA) is 99.8 Å². The molecule has 30 heavy (non-hydrogen) atoms. The molecule has 1 amide bonds. The molecule has 1 atom stereocenters. The number of piperidine rings is 1. The maximum absolute atomic E-state index is 12.7. The molecule has 3 aromatic heterocycles. The summed E-state index contributed by atoms with van der Waals surface area (Å²) in [5.74, 6) is 0.214. The lowest BCUT2D eigenvalue weighted by atomic mass is 9.93. The van der Waals surface area contributed by atoms with Crippen molar-refractivity contribution in [1.82, 2.24) is 14.4 Å². The molecular formula is C21H25N5O3S. The molecule has 2 N–H and O–H groups in total. The van der Waals surface area contributed by atoms with Gasteiger partial charge in [-0.2, -0.15) is 0 Å². The van der Waals surface area contributed by atoms with Crippen LogP contribution >= 0.6 is 11.3 Å². The van der Waals surface area contributed by atoms with Crippen molar-refractivity contribution in [3.8, 4) is 0 Å². The van der Waals surface area contributed by atoms with Gasteiger partial charge in [-0.3, -0.25) is 19.3 Å². The highest BCUT2D eigenvalue weighted by Crippen LogP contribution is 2.26. The molecule has 4 heterocycles. The maximum Gasteiger partial charge on any atom is 0.259 e. The van der Waals surface area contributed by atoms with E-state index in [0.29, 0.717) is 28.7 Å². The highest BCUT2D eigenvalue weighted by Gasteiger charge is 2.21. The van der Waals surface area contributed by atoms with Crippen LogP contribution in [0, 0.1) is 0 Å². The zero-order valence-corrected chi connectivity index (χ0v) is 18.1. The van der Waals surface area contributed by atoms with E-state index in [0.717, 1.165) is 25.1 Å². The van der Waals surface area contributed by atoms with Crippen molar-refractivity contribution in [3.63, 3.8) is 0 Å². The molecule has 0 spiro atoms. The van der Waals surface area contributed by atoms with Gasteiger partial charge >= 0.3 is 0 Å². The Hall–Kier alpha value is -2.78. The second-order valence-electron chi connectivity index (χ2n) is 8.58. The Kier molecular flexibility index (Phi) is 5.33. The van der Waals surface area contributed by atoms with Gasteiger partial charge in [-0.1, -0.05) is 20.8 Å². The van der Waals surface area contributed by atoms with Crippen molar-refractivity contribution >= 4 is 33.8 Å². The number of β-amino-alcohol motifs (C(OH)–C–C–N with tert-alkyl or cyclic N) is 1. The summed E-state index contributed by atoms with van der Waals surface area (Å²) in [4.78, 5) is 36.2. The predicted octanol–water partition coefficient (Wildman–Crippen LogP) is 2.66. The van der Waals surface area contributed by atoms with Crippen LogP contribution in [0.2, 0.25) is 0 Å². The summed E-state index contributed by atoms with van der Waals surface area (Å²) >= 11 is 1.38. The van der Waals surface area contributed by atoms with Gasteiger partial charge < -0.3 is 10.0 Å². The smallest absolute Gasteiger partial charge is 0.259 e. The Morgan fingerprint density at radius 2 is 2.10 bits per heavy atom. The number of fused-ring (bicyclic) bond motifs is 1. The molecule has 1 fully saturated rings. The molecule has 0 aromatic carbocycles. The minimum Gasteiger partial charge on any atom is -0.391 e. The fourth-order valence-electron chi connectivity index (χ4n) is 3.40. The zero-order chi connectivity index (χ0) is 21.5. The van der Waals surface area contributed by atoms with Crippen LogP contribution < -0.4 is 15.8 Å². The number of nitrogens with zero attached hydrogens (tertiary/aromatic N) is 4. The molecule has 3 aromatic rings. The van der Waals surface area contributed by atoms with E-state index in [1.54, 1.807) is 18.3 Å². The van der Waals surface area contributed by atoms with Crippen LogP contribution in [-0.2, 0) is 5.41 Å². The van der Waals surface area contributed by atoms with Crippen molar-refractivity contribution in [3.05, 3.63) is 51.4 Å². The molecule has 158 valence electrons. The quantitative estimate of drug-likeness (QED) is 0.667. The third-order valence-corrected chi connectivity index (χ3v) is 5.89. The Morgan fingerprint density at radius 3 is 2.80 bits per heavy atom. The van der Waals surface area contributed by atoms with Crippen LogP contribution in [-0.4, -0.2) is 44.6 Å². The number of hydrogen-bond acceptors (Lipinski definition) is 7. The average molecular weight is 428 g/mol. The highest BCUT2D eigenvalue weighted by atomic mass is 32.1. The Labute approximate surface area is 178 Å². The normalized spacial score (nSPS) is 17.3. The second-order valence-corrected chi connectivity index (χ2v) is 9.44. The maximum atomic E-state index is 12.7. The summed E-state index contributed by atoms with van der Waals surface area (Å²) in [5, 5.41) is 15.2. The van der Waals surface area contributed by atoms with Gasteiger partial charge in [0.15, 0.2) is 5.13 Å². The van der Waals surface area contributed by atoms with E-state index in [9.17, 15) is 14.7 Å². The number of anilines is 2. The summed E-state index contributed by atoms with van der Waals surface area (Å²) in [6, 6.07) is 4.65. The van der Waals surface area contributed by atoms with E-state index in [4.69, 9.17) is 0 Å². The van der Waals surface area contributed by atoms with Gasteiger partial charge in [0.2, 0.25) is 0 Å². The van der Waals surface area contributed by atoms with Crippen molar-refractivity contribution in [1.29, 1.82) is 0 Å². The van der Waals surface area contributed by atoms with Crippen LogP contribution in [0.1, 0.15) is 49.7 Å². The van der Waals surface area contributed by atoms with Crippen molar-refractivity contribution in [2.24, 2.45) is 0 Å². The molecule has 9 heteroatoms. The van der Waals surface area contributed by atoms with Crippen LogP contribution in [0.15, 0.2) is 34.6 Å². The van der Waals surface area contributed by atoms with E-state index in [-0.39, 0.29) is 16.9 Å². The summed E-state index contributed by atoms with van der Waals surface area (Å²) in [6.45, 7) is 7.39. The number of rotatable bonds is 3. The molecule has 0 saturated carbocycles. The number of aromatic nitrogens is 3. The van der Waals surface area contributed by atoms with Crippen molar-refractivity contribution < 1.29 is 9.90 Å². The third-order valence-electron chi connectivity index (χ3n) is 5.13. The molecule has 0 radical (unpaired) electrons. The average Bonchev–Trinajstić information content (AvgIpc) is 3.16. The number of nitrogens with one attached hydrogen (secondary N) is 1. The number of thiazole rings is 1. The SMILES string of the molecule is CC(C)(C)c1csc(NC(=O)c2ccn3c(=O)cc(N4CCC[C@H](O)C4)nc3c2)n1. The molecule has 8 nitrogen and oxygen atoms in total. The van der Waals surface area contributed by atoms with Gasteiger partial charge in [-0.25, -0.2) is 9.97 Å². The summed E-state index contributed by atoms with van der Waals surface area (Å²) in [6.07, 6.45) is 2.72. The van der Waals surface area contributed by atoms with E-state index in [1.165, 1.54) is 21.8 Å². The first kappa shape index (κ1) is 20.5. The molecule has 0 aliphatic carbocycles. The number of aliphatic hydroxyl groups excluding tert-OH is 1. The molecule has 4 rings (SSSR count). The van der Waals surface area contributed by atoms with Gasteiger partial charge in [0.05, 0.1) is 11.8 Å². The molecule has 1 aliphatic heterocycles. The van der Waals surface area contributed by atoms with Crippen LogP contribution in [0.25, 0.3) is 5.65 Å². The fraction of sp³-hybridized carbons (Fsp3) is 0.429. The molecule has 0 bridgehead atoms. The summed E-state index contributed by atoms with van der Waals surface area (Å²) in [5.41, 5.74) is 1.39. The first-order valence-electron chi connectivity index (χ1n) is 9.94. The largest absolute Gasteiger partial charge is 0.391 e. The third kappa shape index (κ3) is 4.22. The lowest BCUT2D eigenvalue weighted by Crippen LogP contribution is -2.39. The predicted molar refractivity (Wildman–Crippen MR) is 118 cm³/mol. The molecule has 0 unspecified atom stereocenters. The van der Waals surface area contributed by atoms with Gasteiger partial charge in [0, 0.05) is 41.7 Å². The van der Waals surface area contributed by atoms with Gasteiger partial charge in [-0.05, 0) is 25.0 Å². The zero-order valence-electron chi connectivity index (χ0n) is 17.3. The van der Waals surface area contributed by atoms with Crippen molar-refractivity contribution in [2.75, 3.05) is 23.3 Å². The minimum absolute atomic E-state index is 0.0913. The van der Waals surface area contributed by atoms with Crippen LogP contribution in [0.5, 0.6) is 0 Å². The van der Waals surface area contributed by atoms with E-state index in [2.05, 4.69) is 36.1 Å². The van der Waals surface area contributed by atoms with Crippen LogP contribution in [0.4, 0.5) is 10.9 Å². The molecule has 1 saturated heterocycles. The number of hydrogen-bond donors (Lipinski definition) is 2. The lowest BCUT2D eigenvalue weighted by Gasteiger charge is -2.30. The summed E-state index contributed by atoms with van der Waals surface area (Å²) < 4.78 is 1.40. The Bertz CT molecular complexity index is 1150. The van der Waals surface area contributed by atoms with Crippen molar-refractivity contribution in [2.45, 2.75) is 45.1 Å². The van der Waals surface area contributed by atoms with E-state index < -0.39 is 6.10 Å². The van der Waals surface area contributed by atoms with Gasteiger partial charge in [0.25, 0.3) is 11.5 Å². The van der Waals surface area contributed by atoms with Crippen LogP contribution in [0.3, 0.4) is 0 Å². The number of pyridine rings is 1. The Morgan fingerprint density at radius 1 is 1.30 bits per heavy atom. The van der Waals surface area contributed by atoms with Gasteiger partial charge in [-0.15, -0.1) is 11.3 Å². The van der Waals surface area contributed by atoms with E-state index in [1.807, 2.05) is 10.3 Å². The lowest BCUT2D eigenvalue weighted by molar-refractivity contribution is 0.102. The minimum atomic E-state index is -0.424. The molecular weight excluding hydrogens is 402 g/mol. The monoisotopic (exact) mass is 427 g/mol. The fourth-order valence-corrected chi connectivity index (χ4v) is 4.33. The number of aliphatic hydroxyl groups is 1. The summed E-state index contributed by atoms with van der Waals surface area (Å²) in [7, 11) is 0. The standard InChI is InChI=1S/C21H25N5O3S/c1-21(2,3)15-12-30-20(22-15)24-19(29)13-6-8-26-17(9-13)23-16(10-18(26)28)25-7-4-5-14(27)11-25/h6,8-10,12,14,27H,4-5,7,11H2,1-3H3,(H,22,24,29)/t14-/m0/s1. The number of carbonyl (C=O) groups excluding carboxylic acids is 1. The molecule has 1 aliphatic rings. The van der Waals surface area contributed by atoms with E-state index >= 15 is 0 Å².